The van der Waals surface area contributed by atoms with Gasteiger partial charge in [0.15, 0.2) is 5.78 Å². The zero-order valence-corrected chi connectivity index (χ0v) is 9.25. The van der Waals surface area contributed by atoms with Gasteiger partial charge in [-0.1, -0.05) is 6.92 Å². The van der Waals surface area contributed by atoms with Crippen LogP contribution in [0.3, 0.4) is 0 Å². The number of halogens is 1. The molecule has 0 radical (unpaired) electrons. The summed E-state index contributed by atoms with van der Waals surface area (Å²) in [6, 6.07) is 4.57. The molecule has 1 aromatic rings. The fourth-order valence-electron chi connectivity index (χ4n) is 1.12. The fraction of sp³-hybridized carbons (Fsp3) is 0.364. The molecule has 0 unspecified atom stereocenters. The van der Waals surface area contributed by atoms with Gasteiger partial charge < -0.3 is 9.84 Å². The second-order valence-electron chi connectivity index (χ2n) is 3.08. The van der Waals surface area contributed by atoms with Crippen LogP contribution in [0.5, 0.6) is 11.5 Å². The molecule has 0 aromatic heterocycles. The lowest BCUT2D eigenvalue weighted by atomic mass is 10.1. The average Bonchev–Trinajstić information content (AvgIpc) is 2.27. The lowest BCUT2D eigenvalue weighted by Gasteiger charge is -2.07. The molecular formula is C11H13ClO3. The molecule has 82 valence electrons. The van der Waals surface area contributed by atoms with Gasteiger partial charge in [-0.3, -0.25) is 4.79 Å². The van der Waals surface area contributed by atoms with Crippen LogP contribution in [0.15, 0.2) is 18.2 Å². The minimum atomic E-state index is -0.309. The smallest absolute Gasteiger partial charge is 0.181 e. The minimum Gasteiger partial charge on any atom is -0.507 e. The van der Waals surface area contributed by atoms with Crippen molar-refractivity contribution in [2.45, 2.75) is 13.3 Å². The average molecular weight is 229 g/mol. The van der Waals surface area contributed by atoms with Crippen LogP contribution in [0, 0.1) is 0 Å². The van der Waals surface area contributed by atoms with Crippen molar-refractivity contribution in [1.29, 1.82) is 0 Å². The number of hydrogen-bond donors (Lipinski definition) is 1. The predicted molar refractivity (Wildman–Crippen MR) is 58.9 cm³/mol. The van der Waals surface area contributed by atoms with Crippen molar-refractivity contribution in [2.24, 2.45) is 0 Å². The van der Waals surface area contributed by atoms with Gasteiger partial charge in [0, 0.05) is 0 Å². The van der Waals surface area contributed by atoms with Crippen molar-refractivity contribution in [1.82, 2.24) is 0 Å². The summed E-state index contributed by atoms with van der Waals surface area (Å²) in [5.74, 6) is 0.0499. The Labute approximate surface area is 93.6 Å². The van der Waals surface area contributed by atoms with Gasteiger partial charge in [-0.25, -0.2) is 0 Å². The highest BCUT2D eigenvalue weighted by atomic mass is 35.5. The van der Waals surface area contributed by atoms with E-state index in [2.05, 4.69) is 0 Å². The Hall–Kier alpha value is -1.22. The lowest BCUT2D eigenvalue weighted by molar-refractivity contribution is 0.101. The van der Waals surface area contributed by atoms with Crippen LogP contribution in [0.1, 0.15) is 23.7 Å². The molecule has 0 amide bonds. The number of carbonyl (C=O) groups excluding carboxylic acids is 1. The molecule has 0 fully saturated rings. The molecule has 0 bridgehead atoms. The first kappa shape index (κ1) is 11.9. The van der Waals surface area contributed by atoms with Crippen molar-refractivity contribution in [2.75, 3.05) is 12.5 Å². The molecule has 15 heavy (non-hydrogen) atoms. The number of rotatable bonds is 5. The van der Waals surface area contributed by atoms with E-state index >= 15 is 0 Å². The maximum Gasteiger partial charge on any atom is 0.181 e. The zero-order chi connectivity index (χ0) is 11.3. The van der Waals surface area contributed by atoms with Crippen LogP contribution in [0.2, 0.25) is 0 Å². The van der Waals surface area contributed by atoms with Crippen LogP contribution in [-0.2, 0) is 0 Å². The van der Waals surface area contributed by atoms with Crippen LogP contribution in [0.4, 0.5) is 0 Å². The number of carbonyl (C=O) groups is 1. The number of ketones is 1. The normalized spacial score (nSPS) is 10.0. The van der Waals surface area contributed by atoms with Gasteiger partial charge in [-0.05, 0) is 24.6 Å². The van der Waals surface area contributed by atoms with E-state index in [-0.39, 0.29) is 23.0 Å². The second-order valence-corrected chi connectivity index (χ2v) is 3.35. The van der Waals surface area contributed by atoms with Crippen molar-refractivity contribution < 1.29 is 14.6 Å². The number of hydrogen-bond acceptors (Lipinski definition) is 3. The first-order valence-electron chi connectivity index (χ1n) is 4.74. The highest BCUT2D eigenvalue weighted by Crippen LogP contribution is 2.23. The molecule has 4 heteroatoms. The molecule has 0 spiro atoms. The Morgan fingerprint density at radius 2 is 2.27 bits per heavy atom. The van der Waals surface area contributed by atoms with E-state index in [1.54, 1.807) is 6.07 Å². The number of Topliss-reactive ketones (excluding diaryl/α,β-unsaturated/α-hetero) is 1. The maximum atomic E-state index is 11.3. The van der Waals surface area contributed by atoms with Crippen LogP contribution >= 0.6 is 11.6 Å². The first-order valence-corrected chi connectivity index (χ1v) is 5.27. The monoisotopic (exact) mass is 228 g/mol. The molecule has 0 aliphatic carbocycles. The molecule has 0 saturated heterocycles. The molecule has 3 nitrogen and oxygen atoms in total. The number of benzene rings is 1. The van der Waals surface area contributed by atoms with E-state index in [1.807, 2.05) is 6.92 Å². The summed E-state index contributed by atoms with van der Waals surface area (Å²) in [5.41, 5.74) is 0.207. The van der Waals surface area contributed by atoms with E-state index in [1.165, 1.54) is 12.1 Å². The maximum absolute atomic E-state index is 11.3. The second kappa shape index (κ2) is 5.61. The third kappa shape index (κ3) is 3.13. The Balaban J connectivity index is 2.89. The Kier molecular flexibility index (Phi) is 4.43. The van der Waals surface area contributed by atoms with Crippen LogP contribution < -0.4 is 4.74 Å². The van der Waals surface area contributed by atoms with Crippen molar-refractivity contribution in [3.05, 3.63) is 23.8 Å². The predicted octanol–water partition coefficient (Wildman–Crippen LogP) is 2.60. The van der Waals surface area contributed by atoms with E-state index in [0.29, 0.717) is 12.4 Å². The molecule has 0 aliphatic heterocycles. The highest BCUT2D eigenvalue weighted by molar-refractivity contribution is 6.30. The largest absolute Gasteiger partial charge is 0.507 e. The summed E-state index contributed by atoms with van der Waals surface area (Å²) in [7, 11) is 0. The van der Waals surface area contributed by atoms with Gasteiger partial charge in [0.1, 0.15) is 11.5 Å². The van der Waals surface area contributed by atoms with Crippen LogP contribution in [0.25, 0.3) is 0 Å². The summed E-state index contributed by atoms with van der Waals surface area (Å²) >= 11 is 5.41. The van der Waals surface area contributed by atoms with Crippen LogP contribution in [-0.4, -0.2) is 23.4 Å². The van der Waals surface area contributed by atoms with Crippen molar-refractivity contribution in [3.8, 4) is 11.5 Å². The van der Waals surface area contributed by atoms with Gasteiger partial charge in [-0.15, -0.1) is 11.6 Å². The molecule has 0 heterocycles. The number of phenolic OH excluding ortho intramolecular Hbond substituents is 1. The van der Waals surface area contributed by atoms with E-state index in [0.717, 1.165) is 6.42 Å². The lowest BCUT2D eigenvalue weighted by Crippen LogP contribution is -2.02. The van der Waals surface area contributed by atoms with E-state index in [9.17, 15) is 9.90 Å². The van der Waals surface area contributed by atoms with Crippen molar-refractivity contribution in [3.63, 3.8) is 0 Å². The summed E-state index contributed by atoms with van der Waals surface area (Å²) in [5, 5.41) is 9.43. The zero-order valence-electron chi connectivity index (χ0n) is 8.50. The van der Waals surface area contributed by atoms with Gasteiger partial charge in [0.05, 0.1) is 18.1 Å². The number of phenols is 1. The molecule has 1 N–H and O–H groups in total. The van der Waals surface area contributed by atoms with Gasteiger partial charge in [0.25, 0.3) is 0 Å². The topological polar surface area (TPSA) is 46.5 Å². The molecular weight excluding hydrogens is 216 g/mol. The summed E-state index contributed by atoms with van der Waals surface area (Å²) in [6.45, 7) is 2.57. The van der Waals surface area contributed by atoms with Gasteiger partial charge in [0.2, 0.25) is 0 Å². The third-order valence-corrected chi connectivity index (χ3v) is 2.11. The third-order valence-electron chi connectivity index (χ3n) is 1.86. The SMILES string of the molecule is CCCOc1ccc(O)c(C(=O)CCl)c1. The Morgan fingerprint density at radius 3 is 2.87 bits per heavy atom. The summed E-state index contributed by atoms with van der Waals surface area (Å²) in [4.78, 5) is 11.3. The molecule has 0 saturated carbocycles. The molecule has 0 atom stereocenters. The minimum absolute atomic E-state index is 0.0653. The molecule has 0 aliphatic rings. The summed E-state index contributed by atoms with van der Waals surface area (Å²) in [6.07, 6.45) is 0.889. The van der Waals surface area contributed by atoms with E-state index < -0.39 is 0 Å². The van der Waals surface area contributed by atoms with E-state index in [4.69, 9.17) is 16.3 Å². The first-order chi connectivity index (χ1) is 7.19. The standard InChI is InChI=1S/C11H13ClO3/c1-2-5-15-8-3-4-10(13)9(6-8)11(14)7-12/h3-4,6,13H,2,5,7H2,1H3. The Morgan fingerprint density at radius 1 is 1.53 bits per heavy atom. The summed E-state index contributed by atoms with van der Waals surface area (Å²) < 4.78 is 5.34. The van der Waals surface area contributed by atoms with Gasteiger partial charge >= 0.3 is 0 Å². The fourth-order valence-corrected chi connectivity index (χ4v) is 1.26. The number of alkyl halides is 1. The van der Waals surface area contributed by atoms with Crippen molar-refractivity contribution >= 4 is 17.4 Å². The molecule has 1 aromatic carbocycles. The number of ether oxygens (including phenoxy) is 1. The van der Waals surface area contributed by atoms with Gasteiger partial charge in [-0.2, -0.15) is 0 Å². The molecule has 1 rings (SSSR count). The highest BCUT2D eigenvalue weighted by Gasteiger charge is 2.11. The number of aromatic hydroxyl groups is 1. The Bertz CT molecular complexity index is 350. The quantitative estimate of drug-likeness (QED) is 0.623.